The molecule has 2 rings (SSSR count). The van der Waals surface area contributed by atoms with Gasteiger partial charge in [0.1, 0.15) is 0 Å². The van der Waals surface area contributed by atoms with Crippen LogP contribution in [0.1, 0.15) is 28.5 Å². The van der Waals surface area contributed by atoms with Crippen molar-refractivity contribution in [3.8, 4) is 0 Å². The summed E-state index contributed by atoms with van der Waals surface area (Å²) in [5.74, 6) is -0.450. The molecule has 0 radical (unpaired) electrons. The van der Waals surface area contributed by atoms with E-state index in [1.54, 1.807) is 43.5 Å². The zero-order valence-electron chi connectivity index (χ0n) is 10.7. The zero-order valence-corrected chi connectivity index (χ0v) is 10.7. The van der Waals surface area contributed by atoms with Gasteiger partial charge in [0.15, 0.2) is 0 Å². The molecule has 0 fully saturated rings. The second-order valence-corrected chi connectivity index (χ2v) is 4.05. The van der Waals surface area contributed by atoms with Crippen LogP contribution in [0.4, 0.5) is 0 Å². The number of ketones is 1. The lowest BCUT2D eigenvalue weighted by molar-refractivity contribution is -0.142. The van der Waals surface area contributed by atoms with Crippen LogP contribution >= 0.6 is 0 Å². The van der Waals surface area contributed by atoms with E-state index in [4.69, 9.17) is 4.74 Å². The van der Waals surface area contributed by atoms with Gasteiger partial charge in [-0.1, -0.05) is 30.3 Å². The molecule has 0 aliphatic rings. The minimum absolute atomic E-state index is 0.102. The Hall–Kier alpha value is -2.36. The third-order valence-corrected chi connectivity index (χ3v) is 2.74. The van der Waals surface area contributed by atoms with E-state index in [2.05, 4.69) is 4.98 Å². The third-order valence-electron chi connectivity index (χ3n) is 2.74. The summed E-state index contributed by atoms with van der Waals surface area (Å²) in [5, 5.41) is 0. The lowest BCUT2D eigenvalue weighted by atomic mass is 10.0. The lowest BCUT2D eigenvalue weighted by Gasteiger charge is -2.04. The third kappa shape index (κ3) is 3.10. The fourth-order valence-electron chi connectivity index (χ4n) is 1.86. The maximum atomic E-state index is 12.3. The summed E-state index contributed by atoms with van der Waals surface area (Å²) in [6, 6.07) is 10.7. The van der Waals surface area contributed by atoms with Gasteiger partial charge in [0, 0.05) is 11.8 Å². The first-order valence-corrected chi connectivity index (χ1v) is 6.14. The van der Waals surface area contributed by atoms with Gasteiger partial charge in [0.2, 0.25) is 5.78 Å². The summed E-state index contributed by atoms with van der Waals surface area (Å²) in [5.41, 5.74) is 1.70. The van der Waals surface area contributed by atoms with E-state index in [0.717, 1.165) is 0 Å². The Morgan fingerprint density at radius 3 is 2.58 bits per heavy atom. The number of esters is 1. The molecule has 1 aromatic carbocycles. The first-order chi connectivity index (χ1) is 9.22. The van der Waals surface area contributed by atoms with Gasteiger partial charge < -0.3 is 9.72 Å². The van der Waals surface area contributed by atoms with Crippen LogP contribution in [0.25, 0.3) is 0 Å². The summed E-state index contributed by atoms with van der Waals surface area (Å²) in [4.78, 5) is 26.7. The first-order valence-electron chi connectivity index (χ1n) is 6.14. The molecule has 0 atom stereocenters. The van der Waals surface area contributed by atoms with Crippen molar-refractivity contribution in [3.63, 3.8) is 0 Å². The van der Waals surface area contributed by atoms with Gasteiger partial charge in [-0.15, -0.1) is 0 Å². The number of hydrogen-bond acceptors (Lipinski definition) is 3. The average molecular weight is 257 g/mol. The van der Waals surface area contributed by atoms with E-state index in [-0.39, 0.29) is 18.2 Å². The molecule has 0 saturated heterocycles. The molecule has 1 heterocycles. The van der Waals surface area contributed by atoms with E-state index in [1.165, 1.54) is 0 Å². The van der Waals surface area contributed by atoms with Gasteiger partial charge in [-0.2, -0.15) is 0 Å². The lowest BCUT2D eigenvalue weighted by Crippen LogP contribution is -2.11. The van der Waals surface area contributed by atoms with Crippen molar-refractivity contribution < 1.29 is 14.3 Å². The summed E-state index contributed by atoms with van der Waals surface area (Å²) in [6.07, 6.45) is 1.76. The van der Waals surface area contributed by atoms with Crippen LogP contribution < -0.4 is 0 Å². The molecule has 4 heteroatoms. The number of carbonyl (C=O) groups is 2. The summed E-state index contributed by atoms with van der Waals surface area (Å²) < 4.78 is 4.89. The van der Waals surface area contributed by atoms with E-state index >= 15 is 0 Å². The Morgan fingerprint density at radius 1 is 1.16 bits per heavy atom. The number of aromatic amines is 1. The van der Waals surface area contributed by atoms with Crippen molar-refractivity contribution in [1.29, 1.82) is 0 Å². The van der Waals surface area contributed by atoms with Crippen LogP contribution in [-0.4, -0.2) is 23.3 Å². The molecule has 4 nitrogen and oxygen atoms in total. The van der Waals surface area contributed by atoms with Crippen LogP contribution in [0, 0.1) is 0 Å². The number of ether oxygens (including phenoxy) is 1. The van der Waals surface area contributed by atoms with Crippen LogP contribution in [0.2, 0.25) is 0 Å². The van der Waals surface area contributed by atoms with Gasteiger partial charge in [-0.3, -0.25) is 9.59 Å². The second kappa shape index (κ2) is 6.00. The Morgan fingerprint density at radius 2 is 1.89 bits per heavy atom. The van der Waals surface area contributed by atoms with Crippen molar-refractivity contribution in [1.82, 2.24) is 4.98 Å². The predicted molar refractivity (Wildman–Crippen MR) is 71.0 cm³/mol. The van der Waals surface area contributed by atoms with Crippen molar-refractivity contribution in [2.24, 2.45) is 0 Å². The number of H-pyrrole nitrogens is 1. The Kier molecular flexibility index (Phi) is 4.13. The van der Waals surface area contributed by atoms with E-state index < -0.39 is 0 Å². The van der Waals surface area contributed by atoms with Gasteiger partial charge in [0.25, 0.3) is 0 Å². The Bertz CT molecular complexity index is 572. The first kappa shape index (κ1) is 13.1. The predicted octanol–water partition coefficient (Wildman–Crippen LogP) is 2.35. The highest BCUT2D eigenvalue weighted by Gasteiger charge is 2.17. The van der Waals surface area contributed by atoms with E-state index in [0.29, 0.717) is 23.4 Å². The van der Waals surface area contributed by atoms with Gasteiger partial charge in [-0.25, -0.2) is 0 Å². The molecule has 1 aromatic heterocycles. The molecule has 0 amide bonds. The fourth-order valence-corrected chi connectivity index (χ4v) is 1.86. The Balaban J connectivity index is 2.20. The highest BCUT2D eigenvalue weighted by molar-refractivity contribution is 6.09. The van der Waals surface area contributed by atoms with Crippen molar-refractivity contribution in [3.05, 3.63) is 59.4 Å². The normalized spacial score (nSPS) is 10.2. The van der Waals surface area contributed by atoms with E-state index in [9.17, 15) is 9.59 Å². The number of nitrogens with one attached hydrogen (secondary N) is 1. The molecule has 0 bridgehead atoms. The molecule has 0 aliphatic carbocycles. The molecule has 0 unspecified atom stereocenters. The topological polar surface area (TPSA) is 59.2 Å². The molecule has 0 spiro atoms. The molecule has 98 valence electrons. The molecule has 1 N–H and O–H groups in total. The van der Waals surface area contributed by atoms with Crippen molar-refractivity contribution in [2.45, 2.75) is 13.3 Å². The zero-order chi connectivity index (χ0) is 13.7. The largest absolute Gasteiger partial charge is 0.466 e. The van der Waals surface area contributed by atoms with Gasteiger partial charge in [0.05, 0.1) is 18.7 Å². The Labute approximate surface area is 111 Å². The number of benzene rings is 1. The highest BCUT2D eigenvalue weighted by Crippen LogP contribution is 2.14. The molecule has 19 heavy (non-hydrogen) atoms. The molecule has 0 aliphatic heterocycles. The monoisotopic (exact) mass is 257 g/mol. The van der Waals surface area contributed by atoms with Crippen LogP contribution in [0.5, 0.6) is 0 Å². The van der Waals surface area contributed by atoms with Crippen LogP contribution in [-0.2, 0) is 16.0 Å². The molecule has 2 aromatic rings. The fraction of sp³-hybridized carbons (Fsp3) is 0.200. The number of aromatic nitrogens is 1. The standard InChI is InChI=1S/C15H15NO3/c1-2-19-13(17)10-12-8-9-16-14(12)15(18)11-6-4-3-5-7-11/h3-9,16H,2,10H2,1H3. The number of carbonyl (C=O) groups excluding carboxylic acids is 2. The van der Waals surface area contributed by atoms with Gasteiger partial charge >= 0.3 is 5.97 Å². The minimum Gasteiger partial charge on any atom is -0.466 e. The van der Waals surface area contributed by atoms with Crippen molar-refractivity contribution in [2.75, 3.05) is 6.61 Å². The smallest absolute Gasteiger partial charge is 0.310 e. The maximum absolute atomic E-state index is 12.3. The summed E-state index contributed by atoms with van der Waals surface area (Å²) >= 11 is 0. The number of hydrogen-bond donors (Lipinski definition) is 1. The SMILES string of the molecule is CCOC(=O)Cc1cc[nH]c1C(=O)c1ccccc1. The maximum Gasteiger partial charge on any atom is 0.310 e. The van der Waals surface area contributed by atoms with Crippen molar-refractivity contribution >= 4 is 11.8 Å². The molecule has 0 saturated carbocycles. The number of rotatable bonds is 5. The van der Waals surface area contributed by atoms with Gasteiger partial charge in [-0.05, 0) is 18.6 Å². The highest BCUT2D eigenvalue weighted by atomic mass is 16.5. The molecular weight excluding hydrogens is 242 g/mol. The molecular formula is C15H15NO3. The average Bonchev–Trinajstić information content (AvgIpc) is 2.87. The van der Waals surface area contributed by atoms with E-state index in [1.807, 2.05) is 6.07 Å². The minimum atomic E-state index is -0.329. The summed E-state index contributed by atoms with van der Waals surface area (Å²) in [7, 11) is 0. The summed E-state index contributed by atoms with van der Waals surface area (Å²) in [6.45, 7) is 2.09. The quantitative estimate of drug-likeness (QED) is 0.660. The second-order valence-electron chi connectivity index (χ2n) is 4.05. The van der Waals surface area contributed by atoms with Crippen LogP contribution in [0.3, 0.4) is 0 Å². The van der Waals surface area contributed by atoms with Crippen LogP contribution in [0.15, 0.2) is 42.6 Å².